The van der Waals surface area contributed by atoms with E-state index in [1.54, 1.807) is 29.2 Å². The molecule has 4 aromatic rings. The van der Waals surface area contributed by atoms with Gasteiger partial charge in [0.25, 0.3) is 5.91 Å². The number of carbonyl (C=O) groups is 1. The Bertz CT molecular complexity index is 1460. The number of imidazole rings is 1. The quantitative estimate of drug-likeness (QED) is 0.396. The van der Waals surface area contributed by atoms with E-state index in [0.717, 1.165) is 56.2 Å². The molecular weight excluding hydrogens is 466 g/mol. The largest absolute Gasteiger partial charge is 0.395 e. The predicted octanol–water partition coefficient (Wildman–Crippen LogP) is 2.19. The Morgan fingerprint density at radius 3 is 2.70 bits per heavy atom. The first kappa shape index (κ1) is 24.6. The summed E-state index contributed by atoms with van der Waals surface area (Å²) >= 11 is 0. The van der Waals surface area contributed by atoms with Gasteiger partial charge in [0, 0.05) is 69.1 Å². The minimum absolute atomic E-state index is 0.209. The minimum atomic E-state index is -0.236. The summed E-state index contributed by atoms with van der Waals surface area (Å²) in [6.45, 7) is 7.81. The predicted molar refractivity (Wildman–Crippen MR) is 141 cm³/mol. The summed E-state index contributed by atoms with van der Waals surface area (Å²) in [6, 6.07) is 11.4. The molecule has 3 aromatic heterocycles. The van der Waals surface area contributed by atoms with Crippen LogP contribution in [0, 0.1) is 18.8 Å². The van der Waals surface area contributed by atoms with Crippen LogP contribution in [-0.4, -0.2) is 79.7 Å². The maximum Gasteiger partial charge on any atom is 0.257 e. The number of hydrogen-bond donors (Lipinski definition) is 2. The van der Waals surface area contributed by atoms with Gasteiger partial charge in [-0.25, -0.2) is 9.50 Å². The van der Waals surface area contributed by atoms with E-state index < -0.39 is 0 Å². The van der Waals surface area contributed by atoms with Crippen LogP contribution in [0.25, 0.3) is 5.65 Å². The molecule has 1 fully saturated rings. The molecule has 37 heavy (non-hydrogen) atoms. The smallest absolute Gasteiger partial charge is 0.257 e. The van der Waals surface area contributed by atoms with Crippen LogP contribution in [0.15, 0.2) is 61.2 Å². The highest BCUT2D eigenvalue weighted by Crippen LogP contribution is 2.19. The highest BCUT2D eigenvalue weighted by molar-refractivity contribution is 6.04. The van der Waals surface area contributed by atoms with Crippen molar-refractivity contribution in [3.63, 3.8) is 0 Å². The minimum Gasteiger partial charge on any atom is -0.395 e. The summed E-state index contributed by atoms with van der Waals surface area (Å²) in [7, 11) is 0. The van der Waals surface area contributed by atoms with Gasteiger partial charge in [-0.15, -0.1) is 0 Å². The van der Waals surface area contributed by atoms with Gasteiger partial charge in [-0.05, 0) is 54.3 Å². The van der Waals surface area contributed by atoms with Crippen molar-refractivity contribution in [2.45, 2.75) is 13.5 Å². The number of amides is 1. The lowest BCUT2D eigenvalue weighted by Crippen LogP contribution is -2.46. The topological polar surface area (TPSA) is 98.9 Å². The zero-order chi connectivity index (χ0) is 25.6. The molecular formula is C28H29N7O2. The Balaban J connectivity index is 1.22. The second-order valence-corrected chi connectivity index (χ2v) is 9.09. The normalized spacial score (nSPS) is 14.3. The Hall–Kier alpha value is -4.10. The third kappa shape index (κ3) is 6.01. The molecule has 1 aliphatic rings. The van der Waals surface area contributed by atoms with Gasteiger partial charge in [0.2, 0.25) is 0 Å². The first-order chi connectivity index (χ1) is 18.1. The molecule has 5 rings (SSSR count). The van der Waals surface area contributed by atoms with Crippen molar-refractivity contribution in [1.82, 2.24) is 29.4 Å². The van der Waals surface area contributed by atoms with E-state index in [9.17, 15) is 4.79 Å². The maximum absolute atomic E-state index is 12.9. The van der Waals surface area contributed by atoms with Crippen molar-refractivity contribution < 1.29 is 9.90 Å². The Morgan fingerprint density at radius 2 is 1.89 bits per heavy atom. The number of rotatable bonds is 6. The zero-order valence-electron chi connectivity index (χ0n) is 20.8. The zero-order valence-corrected chi connectivity index (χ0v) is 20.8. The molecule has 9 heteroatoms. The number of hydrogen-bond acceptors (Lipinski definition) is 7. The van der Waals surface area contributed by atoms with Crippen molar-refractivity contribution in [3.8, 4) is 11.8 Å². The molecule has 188 valence electrons. The van der Waals surface area contributed by atoms with Crippen molar-refractivity contribution in [2.75, 3.05) is 44.6 Å². The second kappa shape index (κ2) is 11.3. The van der Waals surface area contributed by atoms with Gasteiger partial charge in [-0.2, -0.15) is 5.10 Å². The average Bonchev–Trinajstić information content (AvgIpc) is 3.33. The molecule has 1 amide bonds. The molecule has 0 unspecified atom stereocenters. The number of carbonyl (C=O) groups excluding carboxylic acids is 1. The van der Waals surface area contributed by atoms with Gasteiger partial charge in [-0.1, -0.05) is 12.0 Å². The number of aryl methyl sites for hydroxylation is 1. The number of aromatic nitrogens is 4. The van der Waals surface area contributed by atoms with Crippen LogP contribution < -0.4 is 5.32 Å². The number of nitrogens with zero attached hydrogens (tertiary/aromatic N) is 6. The number of nitrogens with one attached hydrogen (secondary N) is 1. The maximum atomic E-state index is 12.9. The number of anilines is 1. The van der Waals surface area contributed by atoms with Gasteiger partial charge < -0.3 is 10.4 Å². The standard InChI is InChI=1S/C28H29N7O2/c1-21-15-25(6-5-23(21)20-34-11-9-33(10-12-34)13-14-36)32-28(37)24-16-22(17-29-18-24)4-7-26-19-30-27-3-2-8-31-35(26)27/h2-3,5-6,8,15-19,36H,9-14,20H2,1H3,(H,32,37). The first-order valence-corrected chi connectivity index (χ1v) is 12.3. The van der Waals surface area contributed by atoms with Crippen LogP contribution in [0.5, 0.6) is 0 Å². The fourth-order valence-corrected chi connectivity index (χ4v) is 4.39. The highest BCUT2D eigenvalue weighted by atomic mass is 16.3. The summed E-state index contributed by atoms with van der Waals surface area (Å²) in [5, 5.41) is 16.4. The van der Waals surface area contributed by atoms with E-state index in [-0.39, 0.29) is 12.5 Å². The van der Waals surface area contributed by atoms with Crippen LogP contribution in [0.1, 0.15) is 32.7 Å². The highest BCUT2D eigenvalue weighted by Gasteiger charge is 2.17. The monoisotopic (exact) mass is 495 g/mol. The van der Waals surface area contributed by atoms with Gasteiger partial charge in [-0.3, -0.25) is 19.6 Å². The van der Waals surface area contributed by atoms with Crippen molar-refractivity contribution in [3.05, 3.63) is 89.1 Å². The molecule has 4 heterocycles. The summed E-state index contributed by atoms with van der Waals surface area (Å²) < 4.78 is 1.67. The number of aliphatic hydroxyl groups excluding tert-OH is 1. The van der Waals surface area contributed by atoms with Crippen molar-refractivity contribution >= 4 is 17.2 Å². The lowest BCUT2D eigenvalue weighted by Gasteiger charge is -2.34. The fourth-order valence-electron chi connectivity index (χ4n) is 4.39. The van der Waals surface area contributed by atoms with Crippen LogP contribution in [0.3, 0.4) is 0 Å². The molecule has 0 aliphatic carbocycles. The summed E-state index contributed by atoms with van der Waals surface area (Å²) in [5.74, 6) is 5.87. The molecule has 0 spiro atoms. The number of aliphatic hydroxyl groups is 1. The molecule has 0 bridgehead atoms. The van der Waals surface area contributed by atoms with E-state index >= 15 is 0 Å². The van der Waals surface area contributed by atoms with Gasteiger partial charge in [0.1, 0.15) is 5.69 Å². The van der Waals surface area contributed by atoms with E-state index in [0.29, 0.717) is 16.8 Å². The van der Waals surface area contributed by atoms with Gasteiger partial charge in [0.05, 0.1) is 18.4 Å². The third-order valence-electron chi connectivity index (χ3n) is 6.49. The molecule has 1 saturated heterocycles. The van der Waals surface area contributed by atoms with Crippen LogP contribution >= 0.6 is 0 Å². The Labute approximate surface area is 215 Å². The molecule has 0 radical (unpaired) electrons. The molecule has 1 aromatic carbocycles. The summed E-state index contributed by atoms with van der Waals surface area (Å²) in [6.07, 6.45) is 6.51. The van der Waals surface area contributed by atoms with E-state index in [2.05, 4.69) is 55.0 Å². The van der Waals surface area contributed by atoms with Crippen LogP contribution in [0.4, 0.5) is 5.69 Å². The molecule has 9 nitrogen and oxygen atoms in total. The number of β-amino-alcohol motifs (C(OH)–C–C–N with tert-alkyl or cyclic N) is 1. The number of pyridine rings is 1. The van der Waals surface area contributed by atoms with E-state index in [1.807, 2.05) is 24.3 Å². The molecule has 2 N–H and O–H groups in total. The SMILES string of the molecule is Cc1cc(NC(=O)c2cncc(C#Cc3cnc4cccnn34)c2)ccc1CN1CCN(CCO)CC1. The number of piperazine rings is 1. The first-order valence-electron chi connectivity index (χ1n) is 12.3. The van der Waals surface area contributed by atoms with E-state index in [4.69, 9.17) is 5.11 Å². The lowest BCUT2D eigenvalue weighted by atomic mass is 10.1. The van der Waals surface area contributed by atoms with Crippen molar-refractivity contribution in [2.24, 2.45) is 0 Å². The Kier molecular flexibility index (Phi) is 7.51. The van der Waals surface area contributed by atoms with Gasteiger partial charge in [0.15, 0.2) is 5.65 Å². The fraction of sp³-hybridized carbons (Fsp3) is 0.286. The van der Waals surface area contributed by atoms with Crippen LogP contribution in [0.2, 0.25) is 0 Å². The third-order valence-corrected chi connectivity index (χ3v) is 6.49. The second-order valence-electron chi connectivity index (χ2n) is 9.09. The van der Waals surface area contributed by atoms with Gasteiger partial charge >= 0.3 is 0 Å². The summed E-state index contributed by atoms with van der Waals surface area (Å²) in [5.41, 5.74) is 5.57. The summed E-state index contributed by atoms with van der Waals surface area (Å²) in [4.78, 5) is 26.1. The van der Waals surface area contributed by atoms with E-state index in [1.165, 1.54) is 11.8 Å². The molecule has 0 saturated carbocycles. The van der Waals surface area contributed by atoms with Crippen molar-refractivity contribution in [1.29, 1.82) is 0 Å². The van der Waals surface area contributed by atoms with Crippen LogP contribution in [-0.2, 0) is 6.54 Å². The number of benzene rings is 1. The molecule has 1 aliphatic heterocycles. The Morgan fingerprint density at radius 1 is 1.05 bits per heavy atom. The average molecular weight is 496 g/mol. The number of fused-ring (bicyclic) bond motifs is 1. The molecule has 0 atom stereocenters. The lowest BCUT2D eigenvalue weighted by molar-refractivity contribution is 0.102.